The van der Waals surface area contributed by atoms with E-state index in [1.54, 1.807) is 18.0 Å². The smallest absolute Gasteiger partial charge is 0.269 e. The molecule has 1 spiro atoms. The van der Waals surface area contributed by atoms with Crippen molar-refractivity contribution in [2.24, 2.45) is 48.9 Å². The summed E-state index contributed by atoms with van der Waals surface area (Å²) < 4.78 is 0. The molecule has 17 nitrogen and oxygen atoms in total. The second-order valence-electron chi connectivity index (χ2n) is 9.17. The molecule has 0 aromatic heterocycles. The van der Waals surface area contributed by atoms with E-state index in [0.29, 0.717) is 38.2 Å². The van der Waals surface area contributed by atoms with E-state index >= 15 is 0 Å². The quantitative estimate of drug-likeness (QED) is 0.0546. The number of carbonyl (C=O) groups is 2. The van der Waals surface area contributed by atoms with Crippen LogP contribution in [0.2, 0.25) is 0 Å². The fraction of sp³-hybridized carbons (Fsp3) is 0.650. The Morgan fingerprint density at radius 2 is 2.00 bits per heavy atom. The number of likely N-dealkylation sites (tertiary alicyclic amines) is 1. The Morgan fingerprint density at radius 1 is 1.29 bits per heavy atom. The van der Waals surface area contributed by atoms with E-state index in [-0.39, 0.29) is 28.9 Å². The van der Waals surface area contributed by atoms with Crippen molar-refractivity contribution < 1.29 is 9.59 Å². The Morgan fingerprint density at radius 3 is 2.61 bits per heavy atom. The summed E-state index contributed by atoms with van der Waals surface area (Å²) in [4.78, 5) is 32.6. The van der Waals surface area contributed by atoms with Crippen LogP contribution in [0.3, 0.4) is 0 Å². The van der Waals surface area contributed by atoms with Crippen LogP contribution in [0.4, 0.5) is 0 Å². The van der Waals surface area contributed by atoms with Crippen molar-refractivity contribution in [2.75, 3.05) is 26.7 Å². The lowest BCUT2D eigenvalue weighted by molar-refractivity contribution is -0.129. The fourth-order valence-corrected chi connectivity index (χ4v) is 4.75. The van der Waals surface area contributed by atoms with E-state index in [1.165, 1.54) is 5.01 Å². The Balaban J connectivity index is 1.67. The molecule has 0 radical (unpaired) electrons. The lowest BCUT2D eigenvalue weighted by atomic mass is 9.88. The number of nitrogens with zero attached hydrogens (tertiary/aromatic N) is 7. The van der Waals surface area contributed by atoms with E-state index in [1.807, 2.05) is 6.92 Å². The molecular weight excluding hydrogens is 518 g/mol. The number of likely N-dealkylation sites (N-methyl/N-ethyl adjacent to an activating group) is 1. The zero-order valence-electron chi connectivity index (χ0n) is 21.4. The molecule has 3 heterocycles. The molecular formula is C20H36ClN15O2. The van der Waals surface area contributed by atoms with Gasteiger partial charge in [-0.2, -0.15) is 0 Å². The maximum Gasteiger partial charge on any atom is 0.269 e. The minimum absolute atomic E-state index is 0.0000607. The van der Waals surface area contributed by atoms with Gasteiger partial charge in [0.15, 0.2) is 12.0 Å². The molecule has 1 saturated heterocycles. The lowest BCUT2D eigenvalue weighted by Crippen LogP contribution is -2.60. The summed E-state index contributed by atoms with van der Waals surface area (Å²) in [6.07, 6.45) is 3.67. The number of piperidine rings is 1. The molecule has 0 aliphatic carbocycles. The number of nitrogens with two attached hydrogens (primary N) is 4. The number of hydrogen-bond acceptors (Lipinski definition) is 13. The number of hydrazine groups is 1. The maximum atomic E-state index is 13.1. The molecule has 0 aromatic carbocycles. The zero-order valence-corrected chi connectivity index (χ0v) is 22.1. The highest BCUT2D eigenvalue weighted by molar-refractivity contribution is 6.29. The van der Waals surface area contributed by atoms with Crippen LogP contribution >= 0.6 is 11.6 Å². The molecule has 18 heteroatoms. The van der Waals surface area contributed by atoms with Crippen LogP contribution in [0.25, 0.3) is 0 Å². The molecule has 3 aliphatic heterocycles. The Bertz CT molecular complexity index is 1030. The van der Waals surface area contributed by atoms with Gasteiger partial charge in [-0.05, 0) is 25.3 Å². The molecule has 2 amide bonds. The van der Waals surface area contributed by atoms with Crippen LogP contribution in [-0.2, 0) is 9.59 Å². The first-order valence-corrected chi connectivity index (χ1v) is 12.6. The molecule has 38 heavy (non-hydrogen) atoms. The highest BCUT2D eigenvalue weighted by Gasteiger charge is 2.44. The third kappa shape index (κ3) is 6.59. The fourth-order valence-electron chi connectivity index (χ4n) is 4.54. The molecule has 1 fully saturated rings. The van der Waals surface area contributed by atoms with Gasteiger partial charge in [0.05, 0.1) is 17.8 Å². The number of halogens is 1. The molecule has 3 unspecified atom stereocenters. The topological polar surface area (TPSA) is 255 Å². The first-order valence-electron chi connectivity index (χ1n) is 12.2. The Kier molecular flexibility index (Phi) is 9.65. The van der Waals surface area contributed by atoms with Crippen LogP contribution in [0, 0.1) is 0 Å². The number of hydrogen-bond donors (Lipinski definition) is 8. The number of amides is 2. The van der Waals surface area contributed by atoms with Gasteiger partial charge in [0.25, 0.3) is 11.8 Å². The van der Waals surface area contributed by atoms with Crippen molar-refractivity contribution in [1.82, 2.24) is 31.2 Å². The summed E-state index contributed by atoms with van der Waals surface area (Å²) in [5.41, 5.74) is 6.03. The standard InChI is InChI=1S/C20H36ClN15O2/c1-3-4-11(22)9-12(26-2)18(38)35-7-5-20(6-8-35)10-36(25)19(30-20)29-17(37)13-15(31-33-23)28-16(32-34-24)14(21)27-13/h9,11,13,15,26-28H,3-8,10,22,25H2,1-2H3,(H2,23,31)(H2,24,32)(H,29,30,37)/b12-9-. The molecule has 0 bridgehead atoms. The summed E-state index contributed by atoms with van der Waals surface area (Å²) in [6.45, 7) is 3.38. The van der Waals surface area contributed by atoms with Gasteiger partial charge in [0.1, 0.15) is 11.2 Å². The first-order chi connectivity index (χ1) is 18.2. The predicted octanol–water partition coefficient (Wildman–Crippen LogP) is -1.86. The minimum Gasteiger partial charge on any atom is -0.384 e. The number of aliphatic imine (C=N–C) groups is 1. The molecule has 3 atom stereocenters. The van der Waals surface area contributed by atoms with Gasteiger partial charge >= 0.3 is 0 Å². The number of nitrogens with one attached hydrogen (secondary N) is 4. The van der Waals surface area contributed by atoms with Gasteiger partial charge in [-0.3, -0.25) is 19.9 Å². The van der Waals surface area contributed by atoms with Crippen molar-refractivity contribution in [1.29, 1.82) is 0 Å². The molecule has 210 valence electrons. The Hall–Kier alpha value is -3.70. The highest BCUT2D eigenvalue weighted by atomic mass is 35.5. The highest BCUT2D eigenvalue weighted by Crippen LogP contribution is 2.31. The van der Waals surface area contributed by atoms with Gasteiger partial charge < -0.3 is 38.3 Å². The summed E-state index contributed by atoms with van der Waals surface area (Å²) in [5, 5.41) is 26.5. The second kappa shape index (κ2) is 12.7. The molecule has 0 saturated carbocycles. The minimum atomic E-state index is -1.02. The number of guanidine groups is 1. The van der Waals surface area contributed by atoms with Crippen LogP contribution in [0.1, 0.15) is 32.6 Å². The van der Waals surface area contributed by atoms with E-state index in [0.717, 1.165) is 12.8 Å². The van der Waals surface area contributed by atoms with Crippen molar-refractivity contribution in [2.45, 2.75) is 56.4 Å². The van der Waals surface area contributed by atoms with Crippen molar-refractivity contribution in [3.8, 4) is 0 Å². The zero-order chi connectivity index (χ0) is 27.9. The van der Waals surface area contributed by atoms with Crippen LogP contribution < -0.4 is 44.5 Å². The summed E-state index contributed by atoms with van der Waals surface area (Å²) in [7, 11) is 1.71. The predicted molar refractivity (Wildman–Crippen MR) is 140 cm³/mol. The summed E-state index contributed by atoms with van der Waals surface area (Å²) in [6, 6.07) is -1.22. The molecule has 12 N–H and O–H groups in total. The molecule has 3 rings (SSSR count). The second-order valence-corrected chi connectivity index (χ2v) is 9.55. The third-order valence-electron chi connectivity index (χ3n) is 6.52. The monoisotopic (exact) mass is 553 g/mol. The van der Waals surface area contributed by atoms with Crippen LogP contribution in [-0.4, -0.2) is 78.2 Å². The first kappa shape index (κ1) is 28.9. The van der Waals surface area contributed by atoms with E-state index in [4.69, 9.17) is 39.9 Å². The largest absolute Gasteiger partial charge is 0.384 e. The third-order valence-corrected chi connectivity index (χ3v) is 6.81. The number of rotatable bonds is 8. The lowest BCUT2D eigenvalue weighted by Gasteiger charge is -2.37. The van der Waals surface area contributed by atoms with E-state index in [2.05, 4.69) is 41.9 Å². The molecule has 3 aliphatic rings. The summed E-state index contributed by atoms with van der Waals surface area (Å²) >= 11 is 6.14. The average molecular weight is 554 g/mol. The van der Waals surface area contributed by atoms with Crippen molar-refractivity contribution in [3.63, 3.8) is 0 Å². The van der Waals surface area contributed by atoms with Crippen LogP contribution in [0.5, 0.6) is 0 Å². The van der Waals surface area contributed by atoms with E-state index in [9.17, 15) is 9.59 Å². The molecule has 0 aromatic rings. The van der Waals surface area contributed by atoms with E-state index < -0.39 is 23.7 Å². The average Bonchev–Trinajstić information content (AvgIpc) is 3.18. The maximum absolute atomic E-state index is 13.1. The number of carbonyl (C=O) groups excluding carboxylic acids is 2. The SMILES string of the molecule is CCCC(N)/C=C(\NC)C(=O)N1CCC2(CC1)CN(N)C(NC(=O)C1NC(Cl)=C(N=NN)NC1N=NN)=N2. The summed E-state index contributed by atoms with van der Waals surface area (Å²) in [5.74, 6) is 16.1. The van der Waals surface area contributed by atoms with Gasteiger partial charge in [-0.1, -0.05) is 35.4 Å². The van der Waals surface area contributed by atoms with Gasteiger partial charge in [0.2, 0.25) is 5.96 Å². The van der Waals surface area contributed by atoms with Crippen molar-refractivity contribution in [3.05, 3.63) is 22.8 Å². The van der Waals surface area contributed by atoms with Crippen LogP contribution in [0.15, 0.2) is 48.4 Å². The Labute approximate surface area is 225 Å². The van der Waals surface area contributed by atoms with Gasteiger partial charge in [-0.25, -0.2) is 10.8 Å². The van der Waals surface area contributed by atoms with Gasteiger partial charge in [-0.15, -0.1) is 10.2 Å². The normalized spacial score (nSPS) is 24.4. The van der Waals surface area contributed by atoms with Crippen molar-refractivity contribution >= 4 is 29.4 Å². The van der Waals surface area contributed by atoms with Gasteiger partial charge in [0, 0.05) is 26.2 Å².